The van der Waals surface area contributed by atoms with Crippen molar-refractivity contribution in [2.75, 3.05) is 0 Å². The van der Waals surface area contributed by atoms with Crippen LogP contribution in [0.25, 0.3) is 22.0 Å². The van der Waals surface area contributed by atoms with E-state index in [1.165, 1.54) is 16.0 Å². The highest BCUT2D eigenvalue weighted by molar-refractivity contribution is 7.11. The average Bonchev–Trinajstić information content (AvgIpc) is 3.13. The molecule has 0 bridgehead atoms. The highest BCUT2D eigenvalue weighted by Gasteiger charge is 2.05. The molecule has 1 N–H and O–H groups in total. The largest absolute Gasteiger partial charge is 0.278 e. The summed E-state index contributed by atoms with van der Waals surface area (Å²) in [6.45, 7) is 8.36. The molecule has 2 heterocycles. The third-order valence-electron chi connectivity index (χ3n) is 3.45. The molecule has 3 heteroatoms. The fourth-order valence-electron chi connectivity index (χ4n) is 2.21. The number of nitrogens with zero attached hydrogens (tertiary/aromatic N) is 1. The van der Waals surface area contributed by atoms with Gasteiger partial charge in [0.2, 0.25) is 0 Å². The monoisotopic (exact) mass is 280 g/mol. The molecule has 0 spiro atoms. The number of nitrogens with one attached hydrogen (secondary N) is 1. The van der Waals surface area contributed by atoms with Crippen LogP contribution in [0, 0.1) is 0 Å². The van der Waals surface area contributed by atoms with Gasteiger partial charge in [-0.15, -0.1) is 11.3 Å². The maximum Gasteiger partial charge on any atom is 0.0650 e. The first-order valence-electron chi connectivity index (χ1n) is 6.57. The van der Waals surface area contributed by atoms with E-state index in [0.717, 1.165) is 29.3 Å². The van der Waals surface area contributed by atoms with Crippen molar-refractivity contribution >= 4 is 33.4 Å². The Balaban J connectivity index is 1.68. The summed E-state index contributed by atoms with van der Waals surface area (Å²) in [5, 5.41) is 10.2. The van der Waals surface area contributed by atoms with Gasteiger partial charge in [-0.25, -0.2) is 0 Å². The number of fused-ring (bicyclic) bond motifs is 1. The van der Waals surface area contributed by atoms with E-state index in [1.807, 2.05) is 6.20 Å². The number of aromatic nitrogens is 2. The second-order valence-corrected chi connectivity index (χ2v) is 5.80. The van der Waals surface area contributed by atoms with Crippen LogP contribution in [0.1, 0.15) is 23.3 Å². The first kappa shape index (κ1) is 12.9. The minimum atomic E-state index is 0.931. The minimum Gasteiger partial charge on any atom is -0.278 e. The van der Waals surface area contributed by atoms with Gasteiger partial charge in [-0.2, -0.15) is 5.10 Å². The van der Waals surface area contributed by atoms with Gasteiger partial charge >= 0.3 is 0 Å². The Bertz CT molecular complexity index is 750. The van der Waals surface area contributed by atoms with Gasteiger partial charge in [-0.1, -0.05) is 25.3 Å². The van der Waals surface area contributed by atoms with Crippen LogP contribution in [-0.2, 0) is 0 Å². The van der Waals surface area contributed by atoms with Crippen LogP contribution in [0.3, 0.4) is 0 Å². The molecule has 3 rings (SSSR count). The second kappa shape index (κ2) is 5.47. The number of benzene rings is 1. The molecule has 0 saturated carbocycles. The van der Waals surface area contributed by atoms with E-state index in [-0.39, 0.29) is 0 Å². The van der Waals surface area contributed by atoms with Gasteiger partial charge in [0.1, 0.15) is 0 Å². The van der Waals surface area contributed by atoms with Crippen molar-refractivity contribution in [3.63, 3.8) is 0 Å². The molecule has 0 unspecified atom stereocenters. The first-order chi connectivity index (χ1) is 9.74. The van der Waals surface area contributed by atoms with Crippen LogP contribution in [0.5, 0.6) is 0 Å². The Morgan fingerprint density at radius 3 is 2.80 bits per heavy atom. The van der Waals surface area contributed by atoms with Gasteiger partial charge < -0.3 is 0 Å². The van der Waals surface area contributed by atoms with Crippen LogP contribution < -0.4 is 0 Å². The minimum absolute atomic E-state index is 0.931. The topological polar surface area (TPSA) is 28.7 Å². The molecule has 0 aliphatic carbocycles. The fourth-order valence-corrected chi connectivity index (χ4v) is 2.94. The quantitative estimate of drug-likeness (QED) is 0.689. The Labute approximate surface area is 122 Å². The molecule has 2 nitrogen and oxygen atoms in total. The molecule has 0 radical (unpaired) electrons. The molecule has 0 saturated heterocycles. The molecule has 0 fully saturated rings. The molecular formula is C17H16N2S. The molecule has 2 aromatic heterocycles. The zero-order valence-corrected chi connectivity index (χ0v) is 12.0. The Hall–Kier alpha value is -2.13. The van der Waals surface area contributed by atoms with Gasteiger partial charge in [-0.05, 0) is 53.1 Å². The summed E-state index contributed by atoms with van der Waals surface area (Å²) in [5.41, 5.74) is 4.57. The number of H-pyrrole nitrogens is 1. The van der Waals surface area contributed by atoms with Crippen molar-refractivity contribution < 1.29 is 0 Å². The summed E-state index contributed by atoms with van der Waals surface area (Å²) in [6.07, 6.45) is 3.72. The maximum atomic E-state index is 4.20. The molecule has 100 valence electrons. The molecule has 0 amide bonds. The predicted molar refractivity (Wildman–Crippen MR) is 87.7 cm³/mol. The van der Waals surface area contributed by atoms with Crippen molar-refractivity contribution in [2.45, 2.75) is 12.8 Å². The third-order valence-corrected chi connectivity index (χ3v) is 4.42. The third kappa shape index (κ3) is 2.58. The number of hydrogen-bond acceptors (Lipinski definition) is 2. The van der Waals surface area contributed by atoms with Gasteiger partial charge in [0, 0.05) is 10.3 Å². The van der Waals surface area contributed by atoms with Crippen molar-refractivity contribution in [1.82, 2.24) is 10.2 Å². The van der Waals surface area contributed by atoms with Gasteiger partial charge in [0.25, 0.3) is 0 Å². The summed E-state index contributed by atoms with van der Waals surface area (Å²) in [5.74, 6) is 0. The lowest BCUT2D eigenvalue weighted by atomic mass is 9.99. The molecular weight excluding hydrogens is 264 g/mol. The number of aromatic amines is 1. The van der Waals surface area contributed by atoms with Crippen LogP contribution in [0.4, 0.5) is 0 Å². The highest BCUT2D eigenvalue weighted by Crippen LogP contribution is 2.28. The molecule has 0 aliphatic heterocycles. The van der Waals surface area contributed by atoms with Crippen LogP contribution in [-0.4, -0.2) is 10.2 Å². The lowest BCUT2D eigenvalue weighted by Crippen LogP contribution is -1.85. The van der Waals surface area contributed by atoms with Crippen LogP contribution in [0.2, 0.25) is 0 Å². The van der Waals surface area contributed by atoms with Crippen molar-refractivity contribution in [2.24, 2.45) is 0 Å². The summed E-state index contributed by atoms with van der Waals surface area (Å²) in [4.78, 5) is 1.27. The van der Waals surface area contributed by atoms with Gasteiger partial charge in [0.15, 0.2) is 0 Å². The summed E-state index contributed by atoms with van der Waals surface area (Å²) < 4.78 is 0. The maximum absolute atomic E-state index is 4.20. The zero-order valence-electron chi connectivity index (χ0n) is 11.2. The number of thiophene rings is 1. The number of allylic oxidation sites excluding steroid dienone is 2. The normalized spacial score (nSPS) is 10.8. The molecule has 1 aromatic carbocycles. The fraction of sp³-hybridized carbons (Fsp3) is 0.118. The zero-order chi connectivity index (χ0) is 13.9. The first-order valence-corrected chi connectivity index (χ1v) is 7.45. The summed E-state index contributed by atoms with van der Waals surface area (Å²) >= 11 is 1.74. The Kier molecular flexibility index (Phi) is 3.52. The molecule has 20 heavy (non-hydrogen) atoms. The summed E-state index contributed by atoms with van der Waals surface area (Å²) in [7, 11) is 0. The Morgan fingerprint density at radius 2 is 2.00 bits per heavy atom. The SMILES string of the molecule is C=C(CCC(=C)c1cccs1)c1ccc2[nH]ncc2c1. The van der Waals surface area contributed by atoms with Crippen molar-refractivity contribution in [1.29, 1.82) is 0 Å². The summed E-state index contributed by atoms with van der Waals surface area (Å²) in [6, 6.07) is 10.5. The molecule has 3 aromatic rings. The van der Waals surface area contributed by atoms with Crippen LogP contribution >= 0.6 is 11.3 Å². The van der Waals surface area contributed by atoms with E-state index >= 15 is 0 Å². The number of rotatable bonds is 5. The van der Waals surface area contributed by atoms with E-state index < -0.39 is 0 Å². The van der Waals surface area contributed by atoms with Crippen molar-refractivity contribution in [3.05, 3.63) is 65.5 Å². The average molecular weight is 280 g/mol. The standard InChI is InChI=1S/C17H16N2S/c1-12(5-6-13(2)17-4-3-9-20-17)14-7-8-16-15(10-14)11-18-19-16/h3-4,7-11H,1-2,5-6H2,(H,18,19). The van der Waals surface area contributed by atoms with E-state index in [9.17, 15) is 0 Å². The van der Waals surface area contributed by atoms with E-state index in [0.29, 0.717) is 0 Å². The lowest BCUT2D eigenvalue weighted by molar-refractivity contribution is 1.10. The molecule has 0 atom stereocenters. The predicted octanol–water partition coefficient (Wildman–Crippen LogP) is 5.13. The smallest absolute Gasteiger partial charge is 0.0650 e. The lowest BCUT2D eigenvalue weighted by Gasteiger charge is -2.07. The van der Waals surface area contributed by atoms with Gasteiger partial charge in [0.05, 0.1) is 11.7 Å². The molecule has 0 aliphatic rings. The van der Waals surface area contributed by atoms with Gasteiger partial charge in [-0.3, -0.25) is 5.10 Å². The number of hydrogen-bond donors (Lipinski definition) is 1. The second-order valence-electron chi connectivity index (χ2n) is 4.86. The highest BCUT2D eigenvalue weighted by atomic mass is 32.1. The van der Waals surface area contributed by atoms with Crippen LogP contribution in [0.15, 0.2) is 55.1 Å². The Morgan fingerprint density at radius 1 is 1.15 bits per heavy atom. The van der Waals surface area contributed by atoms with E-state index in [2.05, 4.69) is 59.1 Å². The van der Waals surface area contributed by atoms with Crippen molar-refractivity contribution in [3.8, 4) is 0 Å². The van der Waals surface area contributed by atoms with E-state index in [1.54, 1.807) is 11.3 Å². The van der Waals surface area contributed by atoms with E-state index in [4.69, 9.17) is 0 Å².